The minimum Gasteiger partial charge on any atom is -0.497 e. The fourth-order valence-corrected chi connectivity index (χ4v) is 2.82. The Morgan fingerprint density at radius 1 is 0.935 bits per heavy atom. The number of ether oxygens (including phenoxy) is 2. The van der Waals surface area contributed by atoms with Crippen molar-refractivity contribution in [3.05, 3.63) is 89.5 Å². The zero-order chi connectivity index (χ0) is 22.1. The van der Waals surface area contributed by atoms with Gasteiger partial charge >= 0.3 is 0 Å². The molecule has 3 rings (SSSR count). The predicted molar refractivity (Wildman–Crippen MR) is 117 cm³/mol. The van der Waals surface area contributed by atoms with Crippen LogP contribution >= 0.6 is 0 Å². The molecule has 0 bridgehead atoms. The second-order valence-electron chi connectivity index (χ2n) is 6.61. The van der Waals surface area contributed by atoms with E-state index in [0.29, 0.717) is 30.0 Å². The molecule has 2 aromatic carbocycles. The molecule has 0 saturated heterocycles. The predicted octanol–water partition coefficient (Wildman–Crippen LogP) is 3.43. The Morgan fingerprint density at radius 2 is 1.58 bits per heavy atom. The van der Waals surface area contributed by atoms with E-state index in [-0.39, 0.29) is 5.70 Å². The van der Waals surface area contributed by atoms with Crippen LogP contribution in [0, 0.1) is 0 Å². The molecule has 2 amide bonds. The van der Waals surface area contributed by atoms with Gasteiger partial charge in [0.05, 0.1) is 20.5 Å². The van der Waals surface area contributed by atoms with Gasteiger partial charge in [0.15, 0.2) is 0 Å². The third kappa shape index (κ3) is 6.24. The van der Waals surface area contributed by atoms with Crippen molar-refractivity contribution in [3.63, 3.8) is 0 Å². The highest BCUT2D eigenvalue weighted by atomic mass is 16.5. The second kappa shape index (κ2) is 10.7. The molecule has 1 aromatic heterocycles. The first-order valence-electron chi connectivity index (χ1n) is 9.71. The van der Waals surface area contributed by atoms with Gasteiger partial charge in [-0.25, -0.2) is 0 Å². The monoisotopic (exact) mass is 420 g/mol. The molecule has 0 fully saturated rings. The van der Waals surface area contributed by atoms with Gasteiger partial charge in [-0.15, -0.1) is 0 Å². The average molecular weight is 420 g/mol. The first-order valence-corrected chi connectivity index (χ1v) is 9.71. The molecule has 0 aliphatic carbocycles. The number of carbonyl (C=O) groups is 2. The molecule has 160 valence electrons. The number of carbonyl (C=O) groups excluding carboxylic acids is 2. The molecule has 0 aliphatic rings. The number of rotatable bonds is 9. The lowest BCUT2D eigenvalue weighted by molar-refractivity contribution is -0.117. The third-order valence-corrected chi connectivity index (χ3v) is 4.53. The highest BCUT2D eigenvalue weighted by Gasteiger charge is 2.15. The summed E-state index contributed by atoms with van der Waals surface area (Å²) < 4.78 is 15.5. The van der Waals surface area contributed by atoms with Gasteiger partial charge < -0.3 is 24.5 Å². The minimum absolute atomic E-state index is 0.0884. The molecular formula is C24H24N2O5. The van der Waals surface area contributed by atoms with Gasteiger partial charge in [-0.1, -0.05) is 12.1 Å². The number of nitrogens with one attached hydrogen (secondary N) is 2. The van der Waals surface area contributed by atoms with Crippen LogP contribution in [0.4, 0.5) is 0 Å². The number of furan rings is 1. The summed E-state index contributed by atoms with van der Waals surface area (Å²) in [6.45, 7) is 0.402. The number of methoxy groups -OCH3 is 2. The molecule has 3 aromatic rings. The van der Waals surface area contributed by atoms with Crippen LogP contribution in [0.5, 0.6) is 11.5 Å². The quantitative estimate of drug-likeness (QED) is 0.518. The summed E-state index contributed by atoms with van der Waals surface area (Å²) in [7, 11) is 3.16. The smallest absolute Gasteiger partial charge is 0.267 e. The average Bonchev–Trinajstić information content (AvgIpc) is 3.32. The van der Waals surface area contributed by atoms with Crippen molar-refractivity contribution in [3.8, 4) is 11.5 Å². The topological polar surface area (TPSA) is 89.8 Å². The van der Waals surface area contributed by atoms with Gasteiger partial charge in [0.2, 0.25) is 0 Å². The van der Waals surface area contributed by atoms with Crippen LogP contribution in [0.15, 0.2) is 77.0 Å². The summed E-state index contributed by atoms with van der Waals surface area (Å²) in [6, 6.07) is 17.6. The van der Waals surface area contributed by atoms with E-state index >= 15 is 0 Å². The van der Waals surface area contributed by atoms with Crippen molar-refractivity contribution in [1.29, 1.82) is 0 Å². The summed E-state index contributed by atoms with van der Waals surface area (Å²) >= 11 is 0. The van der Waals surface area contributed by atoms with Gasteiger partial charge in [-0.05, 0) is 60.5 Å². The van der Waals surface area contributed by atoms with Crippen LogP contribution in [0.2, 0.25) is 0 Å². The van der Waals surface area contributed by atoms with Gasteiger partial charge in [-0.2, -0.15) is 0 Å². The molecule has 31 heavy (non-hydrogen) atoms. The lowest BCUT2D eigenvalue weighted by Crippen LogP contribution is -2.35. The first-order chi connectivity index (χ1) is 15.1. The Bertz CT molecular complexity index is 1020. The summed E-state index contributed by atoms with van der Waals surface area (Å²) in [5, 5.41) is 5.50. The summed E-state index contributed by atoms with van der Waals surface area (Å²) in [5.41, 5.74) is 1.54. The van der Waals surface area contributed by atoms with E-state index in [9.17, 15) is 9.59 Å². The van der Waals surface area contributed by atoms with Crippen molar-refractivity contribution in [1.82, 2.24) is 10.6 Å². The van der Waals surface area contributed by atoms with E-state index < -0.39 is 11.8 Å². The molecule has 0 atom stereocenters. The van der Waals surface area contributed by atoms with Gasteiger partial charge in [0.25, 0.3) is 11.8 Å². The Labute approximate surface area is 180 Å². The van der Waals surface area contributed by atoms with E-state index in [1.165, 1.54) is 12.3 Å². The van der Waals surface area contributed by atoms with Crippen molar-refractivity contribution in [2.45, 2.75) is 6.42 Å². The largest absolute Gasteiger partial charge is 0.497 e. The molecule has 0 unspecified atom stereocenters. The number of benzene rings is 2. The van der Waals surface area contributed by atoms with Crippen LogP contribution in [-0.4, -0.2) is 32.6 Å². The Morgan fingerprint density at radius 3 is 2.16 bits per heavy atom. The van der Waals surface area contributed by atoms with Crippen molar-refractivity contribution >= 4 is 17.9 Å². The third-order valence-electron chi connectivity index (χ3n) is 4.53. The molecule has 2 N–H and O–H groups in total. The van der Waals surface area contributed by atoms with E-state index in [1.807, 2.05) is 24.3 Å². The molecule has 7 heteroatoms. The summed E-state index contributed by atoms with van der Waals surface area (Å²) in [4.78, 5) is 25.4. The first kappa shape index (κ1) is 21.7. The highest BCUT2D eigenvalue weighted by molar-refractivity contribution is 6.05. The number of hydrogen-bond donors (Lipinski definition) is 2. The van der Waals surface area contributed by atoms with Gasteiger partial charge in [0.1, 0.15) is 23.0 Å². The van der Waals surface area contributed by atoms with Crippen molar-refractivity contribution in [2.75, 3.05) is 20.8 Å². The SMILES string of the molecule is COc1ccc(CCNC(=O)/C(=C/c2ccco2)NC(=O)c2ccc(OC)cc2)cc1. The summed E-state index contributed by atoms with van der Waals surface area (Å²) in [5.74, 6) is 1.05. The number of amides is 2. The Hall–Kier alpha value is -4.00. The molecule has 0 aliphatic heterocycles. The molecule has 0 spiro atoms. The van der Waals surface area contributed by atoms with Crippen LogP contribution in [-0.2, 0) is 11.2 Å². The maximum atomic E-state index is 12.8. The zero-order valence-electron chi connectivity index (χ0n) is 17.4. The fourth-order valence-electron chi connectivity index (χ4n) is 2.82. The maximum Gasteiger partial charge on any atom is 0.267 e. The van der Waals surface area contributed by atoms with Crippen LogP contribution in [0.1, 0.15) is 21.7 Å². The summed E-state index contributed by atoms with van der Waals surface area (Å²) in [6.07, 6.45) is 3.62. The minimum atomic E-state index is -0.411. The second-order valence-corrected chi connectivity index (χ2v) is 6.61. The van der Waals surface area contributed by atoms with Crippen molar-refractivity contribution < 1.29 is 23.5 Å². The van der Waals surface area contributed by atoms with Crippen molar-refractivity contribution in [2.24, 2.45) is 0 Å². The lowest BCUT2D eigenvalue weighted by Gasteiger charge is -2.11. The van der Waals surface area contributed by atoms with Crippen LogP contribution in [0.25, 0.3) is 6.08 Å². The zero-order valence-corrected chi connectivity index (χ0v) is 17.4. The molecule has 7 nitrogen and oxygen atoms in total. The van der Waals surface area contributed by atoms with E-state index in [1.54, 1.807) is 50.6 Å². The van der Waals surface area contributed by atoms with E-state index in [4.69, 9.17) is 13.9 Å². The molecule has 1 heterocycles. The van der Waals surface area contributed by atoms with Crippen LogP contribution in [0.3, 0.4) is 0 Å². The Balaban J connectivity index is 1.66. The van der Waals surface area contributed by atoms with E-state index in [2.05, 4.69) is 10.6 Å². The normalized spacial score (nSPS) is 11.0. The molecular weight excluding hydrogens is 396 g/mol. The molecule has 0 radical (unpaired) electrons. The van der Waals surface area contributed by atoms with Gasteiger partial charge in [-0.3, -0.25) is 9.59 Å². The Kier molecular flexibility index (Phi) is 7.48. The highest BCUT2D eigenvalue weighted by Crippen LogP contribution is 2.13. The lowest BCUT2D eigenvalue weighted by atomic mass is 10.1. The molecule has 0 saturated carbocycles. The van der Waals surface area contributed by atoms with Crippen LogP contribution < -0.4 is 20.1 Å². The standard InChI is InChI=1S/C24H24N2O5/c1-29-19-9-5-17(6-10-19)13-14-25-24(28)22(16-21-4-3-15-31-21)26-23(27)18-7-11-20(30-2)12-8-18/h3-12,15-16H,13-14H2,1-2H3,(H,25,28)(H,26,27)/b22-16-. The fraction of sp³-hybridized carbons (Fsp3) is 0.167. The van der Waals surface area contributed by atoms with Gasteiger partial charge in [0, 0.05) is 18.2 Å². The number of hydrogen-bond acceptors (Lipinski definition) is 5. The van der Waals surface area contributed by atoms with E-state index in [0.717, 1.165) is 11.3 Å². The maximum absolute atomic E-state index is 12.8.